The minimum absolute atomic E-state index is 0.116. The van der Waals surface area contributed by atoms with E-state index in [-0.39, 0.29) is 17.7 Å². The topological polar surface area (TPSA) is 112 Å². The lowest BCUT2D eigenvalue weighted by atomic mass is 10.0. The summed E-state index contributed by atoms with van der Waals surface area (Å²) < 4.78 is 5.40. The van der Waals surface area contributed by atoms with Crippen LogP contribution in [0.2, 0.25) is 0 Å². The molecular formula is C27H28N6O3. The van der Waals surface area contributed by atoms with Crippen LogP contribution in [0.3, 0.4) is 0 Å². The number of phenolic OH excluding ortho intramolecular Hbond substituents is 1. The van der Waals surface area contributed by atoms with E-state index in [4.69, 9.17) is 4.74 Å². The molecule has 2 aromatic carbocycles. The summed E-state index contributed by atoms with van der Waals surface area (Å²) in [7, 11) is 0. The minimum Gasteiger partial charge on any atom is -0.507 e. The van der Waals surface area contributed by atoms with Gasteiger partial charge in [-0.3, -0.25) is 4.79 Å². The summed E-state index contributed by atoms with van der Waals surface area (Å²) in [6, 6.07) is 14.4. The number of hydrogen-bond donors (Lipinski definition) is 3. The van der Waals surface area contributed by atoms with Crippen LogP contribution in [0.5, 0.6) is 5.75 Å². The highest BCUT2D eigenvalue weighted by Crippen LogP contribution is 2.33. The van der Waals surface area contributed by atoms with Crippen molar-refractivity contribution in [1.82, 2.24) is 15.0 Å². The van der Waals surface area contributed by atoms with E-state index in [0.29, 0.717) is 36.0 Å². The third kappa shape index (κ3) is 5.21. The lowest BCUT2D eigenvalue weighted by Gasteiger charge is -2.27. The normalized spacial score (nSPS) is 13.7. The van der Waals surface area contributed by atoms with Gasteiger partial charge >= 0.3 is 0 Å². The number of amides is 1. The number of rotatable bonds is 6. The van der Waals surface area contributed by atoms with Crippen molar-refractivity contribution < 1.29 is 14.6 Å². The third-order valence-electron chi connectivity index (χ3n) is 5.91. The fraction of sp³-hybridized carbons (Fsp3) is 0.259. The third-order valence-corrected chi connectivity index (χ3v) is 5.91. The molecule has 1 amide bonds. The van der Waals surface area contributed by atoms with Crippen molar-refractivity contribution in [3.05, 3.63) is 66.5 Å². The van der Waals surface area contributed by atoms with Crippen molar-refractivity contribution in [2.24, 2.45) is 0 Å². The fourth-order valence-electron chi connectivity index (χ4n) is 4.10. The van der Waals surface area contributed by atoms with Gasteiger partial charge < -0.3 is 25.4 Å². The number of carbonyl (C=O) groups is 1. The number of anilines is 3. The quantitative estimate of drug-likeness (QED) is 0.347. The molecule has 5 rings (SSSR count). The molecule has 2 aromatic heterocycles. The van der Waals surface area contributed by atoms with Crippen molar-refractivity contribution >= 4 is 34.3 Å². The van der Waals surface area contributed by atoms with Crippen LogP contribution in [0.4, 0.5) is 17.5 Å². The van der Waals surface area contributed by atoms with E-state index in [9.17, 15) is 9.90 Å². The molecule has 3 heterocycles. The largest absolute Gasteiger partial charge is 0.507 e. The van der Waals surface area contributed by atoms with Crippen LogP contribution in [0.1, 0.15) is 24.2 Å². The molecule has 0 unspecified atom stereocenters. The standard InChI is InChI=1S/C27H28N6O3/c1-17(2)30-27-29-16-20-13-18(3-5-23(20)32-27)22-15-21(4-6-24(22)34)31-26(35)19-7-8-28-25(14-19)33-9-11-36-12-10-33/h3-8,13-17,34H,9-12H2,1-2H3,(H,31,35)(H,29,30,32). The SMILES string of the molecule is CC(C)Nc1ncc2cc(-c3cc(NC(=O)c4ccnc(N5CCOCC5)c4)ccc3O)ccc2n1. The maximum absolute atomic E-state index is 13.0. The second-order valence-corrected chi connectivity index (χ2v) is 8.95. The monoisotopic (exact) mass is 484 g/mol. The second kappa shape index (κ2) is 10.2. The summed E-state index contributed by atoms with van der Waals surface area (Å²) in [6.07, 6.45) is 3.40. The van der Waals surface area contributed by atoms with Gasteiger partial charge in [-0.2, -0.15) is 0 Å². The van der Waals surface area contributed by atoms with E-state index in [1.165, 1.54) is 0 Å². The van der Waals surface area contributed by atoms with E-state index in [1.54, 1.807) is 42.7 Å². The molecule has 0 bridgehead atoms. The molecule has 0 radical (unpaired) electrons. The maximum atomic E-state index is 13.0. The Bertz CT molecular complexity index is 1400. The first kappa shape index (κ1) is 23.5. The number of ether oxygens (including phenoxy) is 1. The number of aromatic nitrogens is 3. The predicted molar refractivity (Wildman–Crippen MR) is 141 cm³/mol. The highest BCUT2D eigenvalue weighted by molar-refractivity contribution is 6.05. The molecule has 0 saturated carbocycles. The van der Waals surface area contributed by atoms with Gasteiger partial charge in [-0.1, -0.05) is 6.07 Å². The summed E-state index contributed by atoms with van der Waals surface area (Å²) in [6.45, 7) is 6.83. The summed E-state index contributed by atoms with van der Waals surface area (Å²) in [5.74, 6) is 1.19. The van der Waals surface area contributed by atoms with E-state index in [2.05, 4.69) is 30.5 Å². The maximum Gasteiger partial charge on any atom is 0.255 e. The Morgan fingerprint density at radius 2 is 1.89 bits per heavy atom. The molecule has 9 nitrogen and oxygen atoms in total. The van der Waals surface area contributed by atoms with Crippen LogP contribution < -0.4 is 15.5 Å². The van der Waals surface area contributed by atoms with Crippen LogP contribution in [0.25, 0.3) is 22.0 Å². The van der Waals surface area contributed by atoms with E-state index in [1.807, 2.05) is 32.0 Å². The van der Waals surface area contributed by atoms with Gasteiger partial charge in [0.1, 0.15) is 11.6 Å². The zero-order valence-corrected chi connectivity index (χ0v) is 20.2. The molecule has 0 aliphatic carbocycles. The summed E-state index contributed by atoms with van der Waals surface area (Å²) in [5.41, 5.74) is 3.28. The number of fused-ring (bicyclic) bond motifs is 1. The first-order valence-electron chi connectivity index (χ1n) is 11.9. The molecule has 1 fully saturated rings. The summed E-state index contributed by atoms with van der Waals surface area (Å²) >= 11 is 0. The van der Waals surface area contributed by atoms with Crippen LogP contribution in [0, 0.1) is 0 Å². The minimum atomic E-state index is -0.249. The Hall–Kier alpha value is -4.24. The lowest BCUT2D eigenvalue weighted by Crippen LogP contribution is -2.36. The Balaban J connectivity index is 1.37. The van der Waals surface area contributed by atoms with Crippen LogP contribution in [-0.2, 0) is 4.74 Å². The first-order chi connectivity index (χ1) is 17.5. The van der Waals surface area contributed by atoms with Gasteiger partial charge in [0.15, 0.2) is 0 Å². The smallest absolute Gasteiger partial charge is 0.255 e. The van der Waals surface area contributed by atoms with E-state index in [0.717, 1.165) is 35.4 Å². The van der Waals surface area contributed by atoms with Crippen molar-refractivity contribution in [2.45, 2.75) is 19.9 Å². The summed E-state index contributed by atoms with van der Waals surface area (Å²) in [5, 5.41) is 17.5. The molecule has 3 N–H and O–H groups in total. The highest BCUT2D eigenvalue weighted by atomic mass is 16.5. The fourth-order valence-corrected chi connectivity index (χ4v) is 4.10. The van der Waals surface area contributed by atoms with Gasteiger partial charge in [-0.25, -0.2) is 15.0 Å². The molecule has 36 heavy (non-hydrogen) atoms. The molecule has 4 aromatic rings. The van der Waals surface area contributed by atoms with Gasteiger partial charge in [-0.15, -0.1) is 0 Å². The number of aromatic hydroxyl groups is 1. The van der Waals surface area contributed by atoms with Crippen LogP contribution in [-0.4, -0.2) is 58.3 Å². The van der Waals surface area contributed by atoms with Gasteiger partial charge in [0.25, 0.3) is 5.91 Å². The van der Waals surface area contributed by atoms with Crippen molar-refractivity contribution in [3.8, 4) is 16.9 Å². The number of nitrogens with one attached hydrogen (secondary N) is 2. The van der Waals surface area contributed by atoms with Crippen LogP contribution >= 0.6 is 0 Å². The molecule has 0 spiro atoms. The van der Waals surface area contributed by atoms with Crippen molar-refractivity contribution in [3.63, 3.8) is 0 Å². The predicted octanol–water partition coefficient (Wildman–Crippen LogP) is 4.31. The van der Waals surface area contributed by atoms with Gasteiger partial charge in [0, 0.05) is 53.7 Å². The number of hydrogen-bond acceptors (Lipinski definition) is 8. The molecule has 1 aliphatic heterocycles. The number of benzene rings is 2. The van der Waals surface area contributed by atoms with Crippen molar-refractivity contribution in [1.29, 1.82) is 0 Å². The number of phenols is 1. The summed E-state index contributed by atoms with van der Waals surface area (Å²) in [4.78, 5) is 28.4. The van der Waals surface area contributed by atoms with E-state index < -0.39 is 0 Å². The molecule has 1 saturated heterocycles. The zero-order chi connectivity index (χ0) is 25.1. The number of nitrogens with zero attached hydrogens (tertiary/aromatic N) is 4. The molecular weight excluding hydrogens is 456 g/mol. The van der Waals surface area contributed by atoms with Gasteiger partial charge in [-0.05, 0) is 61.9 Å². The van der Waals surface area contributed by atoms with E-state index >= 15 is 0 Å². The van der Waals surface area contributed by atoms with Gasteiger partial charge in [0.2, 0.25) is 5.95 Å². The van der Waals surface area contributed by atoms with Crippen molar-refractivity contribution in [2.75, 3.05) is 41.8 Å². The average molecular weight is 485 g/mol. The number of morpholine rings is 1. The molecule has 9 heteroatoms. The molecule has 0 atom stereocenters. The van der Waals surface area contributed by atoms with Crippen LogP contribution in [0.15, 0.2) is 60.9 Å². The molecule has 184 valence electrons. The lowest BCUT2D eigenvalue weighted by molar-refractivity contribution is 0.102. The first-order valence-corrected chi connectivity index (χ1v) is 11.9. The highest BCUT2D eigenvalue weighted by Gasteiger charge is 2.16. The zero-order valence-electron chi connectivity index (χ0n) is 20.2. The Morgan fingerprint density at radius 1 is 1.06 bits per heavy atom. The second-order valence-electron chi connectivity index (χ2n) is 8.95. The Kier molecular flexibility index (Phi) is 6.64. The van der Waals surface area contributed by atoms with Gasteiger partial charge in [0.05, 0.1) is 18.7 Å². The Morgan fingerprint density at radius 3 is 2.69 bits per heavy atom. The Labute approximate surface area is 209 Å². The average Bonchev–Trinajstić information content (AvgIpc) is 2.90. The number of pyridine rings is 1. The molecule has 1 aliphatic rings. The number of carbonyl (C=O) groups excluding carboxylic acids is 1.